The van der Waals surface area contributed by atoms with Crippen LogP contribution < -0.4 is 5.73 Å². The Kier molecular flexibility index (Phi) is 3.55. The maximum absolute atomic E-state index is 5.88. The van der Waals surface area contributed by atoms with Gasteiger partial charge in [-0.2, -0.15) is 5.10 Å². The highest BCUT2D eigenvalue weighted by Crippen LogP contribution is 2.30. The van der Waals surface area contributed by atoms with Gasteiger partial charge in [-0.15, -0.1) is 0 Å². The largest absolute Gasteiger partial charge is 0.330 e. The Bertz CT molecular complexity index is 328. The number of rotatable bonds is 4. The SMILES string of the molecule is Cc1cc(CC(C)(CN)C(C)C)n(C)n1. The highest BCUT2D eigenvalue weighted by molar-refractivity contribution is 5.11. The van der Waals surface area contributed by atoms with Crippen LogP contribution in [0.1, 0.15) is 32.2 Å². The van der Waals surface area contributed by atoms with E-state index in [-0.39, 0.29) is 5.41 Å². The van der Waals surface area contributed by atoms with Gasteiger partial charge >= 0.3 is 0 Å². The predicted octanol–water partition coefficient (Wildman–Crippen LogP) is 1.89. The molecule has 3 nitrogen and oxygen atoms in total. The standard InChI is InChI=1S/C12H23N3/c1-9(2)12(4,8-13)7-11-6-10(3)14-15(11)5/h6,9H,7-8,13H2,1-5H3. The molecule has 1 aromatic heterocycles. The summed E-state index contributed by atoms with van der Waals surface area (Å²) in [6.45, 7) is 9.46. The Hall–Kier alpha value is -0.830. The molecule has 0 saturated carbocycles. The quantitative estimate of drug-likeness (QED) is 0.823. The van der Waals surface area contributed by atoms with E-state index in [4.69, 9.17) is 5.73 Å². The molecule has 0 bridgehead atoms. The Balaban J connectivity index is 2.88. The van der Waals surface area contributed by atoms with Crippen LogP contribution in [0.2, 0.25) is 0 Å². The van der Waals surface area contributed by atoms with E-state index >= 15 is 0 Å². The van der Waals surface area contributed by atoms with Crippen molar-refractivity contribution < 1.29 is 0 Å². The fraction of sp³-hybridized carbons (Fsp3) is 0.750. The van der Waals surface area contributed by atoms with Crippen LogP contribution in [0.15, 0.2) is 6.07 Å². The van der Waals surface area contributed by atoms with E-state index in [0.717, 1.165) is 18.7 Å². The molecule has 0 aliphatic carbocycles. The predicted molar refractivity (Wildman–Crippen MR) is 63.6 cm³/mol. The monoisotopic (exact) mass is 209 g/mol. The van der Waals surface area contributed by atoms with Crippen molar-refractivity contribution in [2.75, 3.05) is 6.54 Å². The van der Waals surface area contributed by atoms with Crippen LogP contribution in [-0.4, -0.2) is 16.3 Å². The number of nitrogens with zero attached hydrogens (tertiary/aromatic N) is 2. The van der Waals surface area contributed by atoms with Crippen LogP contribution in [-0.2, 0) is 13.5 Å². The zero-order chi connectivity index (χ0) is 11.6. The number of hydrogen-bond donors (Lipinski definition) is 1. The van der Waals surface area contributed by atoms with Gasteiger partial charge in [0.1, 0.15) is 0 Å². The molecule has 0 spiro atoms. The molecule has 0 aliphatic rings. The van der Waals surface area contributed by atoms with Crippen LogP contribution in [0.25, 0.3) is 0 Å². The first-order chi connectivity index (χ1) is 6.89. The van der Waals surface area contributed by atoms with Gasteiger partial charge in [0, 0.05) is 12.7 Å². The Morgan fingerprint density at radius 3 is 2.47 bits per heavy atom. The molecule has 1 aromatic rings. The Morgan fingerprint density at radius 2 is 2.13 bits per heavy atom. The van der Waals surface area contributed by atoms with E-state index in [1.807, 2.05) is 18.7 Å². The third kappa shape index (κ3) is 2.59. The Labute approximate surface area is 92.7 Å². The molecule has 0 aromatic carbocycles. The summed E-state index contributed by atoms with van der Waals surface area (Å²) >= 11 is 0. The lowest BCUT2D eigenvalue weighted by molar-refractivity contribution is 0.222. The van der Waals surface area contributed by atoms with Crippen LogP contribution in [0.4, 0.5) is 0 Å². The van der Waals surface area contributed by atoms with Crippen LogP contribution in [0.5, 0.6) is 0 Å². The topological polar surface area (TPSA) is 43.8 Å². The zero-order valence-corrected chi connectivity index (χ0v) is 10.5. The summed E-state index contributed by atoms with van der Waals surface area (Å²) in [5.41, 5.74) is 8.40. The number of aromatic nitrogens is 2. The van der Waals surface area contributed by atoms with Gasteiger partial charge in [-0.1, -0.05) is 20.8 Å². The maximum atomic E-state index is 5.88. The number of hydrogen-bond acceptors (Lipinski definition) is 2. The zero-order valence-electron chi connectivity index (χ0n) is 10.5. The molecule has 0 amide bonds. The fourth-order valence-corrected chi connectivity index (χ4v) is 1.76. The van der Waals surface area contributed by atoms with Crippen molar-refractivity contribution in [2.24, 2.45) is 24.1 Å². The second-order valence-electron chi connectivity index (χ2n) is 5.09. The van der Waals surface area contributed by atoms with Crippen molar-refractivity contribution in [3.05, 3.63) is 17.5 Å². The first kappa shape index (κ1) is 12.2. The van der Waals surface area contributed by atoms with Crippen molar-refractivity contribution in [3.8, 4) is 0 Å². The molecular weight excluding hydrogens is 186 g/mol. The summed E-state index contributed by atoms with van der Waals surface area (Å²) in [6.07, 6.45) is 0.999. The Morgan fingerprint density at radius 1 is 1.53 bits per heavy atom. The van der Waals surface area contributed by atoms with Gasteiger partial charge in [0.2, 0.25) is 0 Å². The van der Waals surface area contributed by atoms with E-state index in [1.165, 1.54) is 5.69 Å². The van der Waals surface area contributed by atoms with E-state index < -0.39 is 0 Å². The lowest BCUT2D eigenvalue weighted by Crippen LogP contribution is -2.35. The molecular formula is C12H23N3. The van der Waals surface area contributed by atoms with E-state index in [2.05, 4.69) is 31.9 Å². The van der Waals surface area contributed by atoms with Crippen LogP contribution >= 0.6 is 0 Å². The normalized spacial score (nSPS) is 15.7. The highest BCUT2D eigenvalue weighted by Gasteiger charge is 2.28. The molecule has 3 heteroatoms. The summed E-state index contributed by atoms with van der Waals surface area (Å²) < 4.78 is 1.96. The van der Waals surface area contributed by atoms with Crippen LogP contribution in [0.3, 0.4) is 0 Å². The van der Waals surface area contributed by atoms with E-state index in [1.54, 1.807) is 0 Å². The minimum absolute atomic E-state index is 0.167. The lowest BCUT2D eigenvalue weighted by atomic mass is 9.75. The smallest absolute Gasteiger partial charge is 0.0596 e. The number of aryl methyl sites for hydroxylation is 2. The van der Waals surface area contributed by atoms with Crippen molar-refractivity contribution >= 4 is 0 Å². The van der Waals surface area contributed by atoms with Crippen molar-refractivity contribution in [1.29, 1.82) is 0 Å². The molecule has 0 saturated heterocycles. The molecule has 1 unspecified atom stereocenters. The molecule has 0 fully saturated rings. The molecule has 0 radical (unpaired) electrons. The van der Waals surface area contributed by atoms with Gasteiger partial charge < -0.3 is 5.73 Å². The highest BCUT2D eigenvalue weighted by atomic mass is 15.3. The first-order valence-electron chi connectivity index (χ1n) is 5.58. The van der Waals surface area contributed by atoms with Gasteiger partial charge in [-0.3, -0.25) is 4.68 Å². The molecule has 1 rings (SSSR count). The van der Waals surface area contributed by atoms with Crippen molar-refractivity contribution in [3.63, 3.8) is 0 Å². The lowest BCUT2D eigenvalue weighted by Gasteiger charge is -2.32. The molecule has 15 heavy (non-hydrogen) atoms. The third-order valence-corrected chi connectivity index (χ3v) is 3.54. The summed E-state index contributed by atoms with van der Waals surface area (Å²) in [4.78, 5) is 0. The van der Waals surface area contributed by atoms with Crippen LogP contribution in [0, 0.1) is 18.3 Å². The summed E-state index contributed by atoms with van der Waals surface area (Å²) in [5, 5.41) is 4.36. The third-order valence-electron chi connectivity index (χ3n) is 3.54. The van der Waals surface area contributed by atoms with Crippen molar-refractivity contribution in [2.45, 2.75) is 34.1 Å². The van der Waals surface area contributed by atoms with Gasteiger partial charge in [-0.05, 0) is 37.3 Å². The van der Waals surface area contributed by atoms with E-state index in [0.29, 0.717) is 5.92 Å². The average Bonchev–Trinajstić information content (AvgIpc) is 2.44. The number of nitrogens with two attached hydrogens (primary N) is 1. The molecule has 86 valence electrons. The molecule has 1 heterocycles. The maximum Gasteiger partial charge on any atom is 0.0596 e. The molecule has 1 atom stereocenters. The second-order valence-corrected chi connectivity index (χ2v) is 5.09. The average molecular weight is 209 g/mol. The fourth-order valence-electron chi connectivity index (χ4n) is 1.76. The molecule has 2 N–H and O–H groups in total. The minimum atomic E-state index is 0.167. The van der Waals surface area contributed by atoms with Gasteiger partial charge in [0.25, 0.3) is 0 Å². The van der Waals surface area contributed by atoms with Gasteiger partial charge in [0.15, 0.2) is 0 Å². The van der Waals surface area contributed by atoms with Gasteiger partial charge in [0.05, 0.1) is 5.69 Å². The summed E-state index contributed by atoms with van der Waals surface area (Å²) in [7, 11) is 2.00. The summed E-state index contributed by atoms with van der Waals surface area (Å²) in [5.74, 6) is 0.581. The summed E-state index contributed by atoms with van der Waals surface area (Å²) in [6, 6.07) is 2.15. The van der Waals surface area contributed by atoms with E-state index in [9.17, 15) is 0 Å². The van der Waals surface area contributed by atoms with Gasteiger partial charge in [-0.25, -0.2) is 0 Å². The second kappa shape index (κ2) is 4.35. The molecule has 0 aliphatic heterocycles. The first-order valence-corrected chi connectivity index (χ1v) is 5.58. The minimum Gasteiger partial charge on any atom is -0.330 e. The van der Waals surface area contributed by atoms with Crippen molar-refractivity contribution in [1.82, 2.24) is 9.78 Å².